The Morgan fingerprint density at radius 2 is 1.74 bits per heavy atom. The third kappa shape index (κ3) is 5.71. The molecule has 1 aromatic heterocycles. The van der Waals surface area contributed by atoms with E-state index in [1.807, 2.05) is 0 Å². The second-order valence-electron chi connectivity index (χ2n) is 13.1. The first-order valence-electron chi connectivity index (χ1n) is 16.6. The standard InChI is InChI=1S/C35H39N7O7S/c1-3-49-31-28(5-4-12-37-31)35(38-33(44)41-23-34(24-41)21-40(22-34)14-13-39-15-17-48-18-16-39)29-19-25(20-36)6-11-30(29)42(32(35)43)50(45,46)27-9-7-26(47-2)8-10-27/h4-12,19H,3,13-18,21-24H2,1-2H3,(H,38,44)/t35-/m1/s1. The predicted molar refractivity (Wildman–Crippen MR) is 181 cm³/mol. The minimum Gasteiger partial charge on any atom is -0.497 e. The maximum absolute atomic E-state index is 15.0. The molecule has 0 radical (unpaired) electrons. The van der Waals surface area contributed by atoms with E-state index in [1.165, 1.54) is 55.8 Å². The summed E-state index contributed by atoms with van der Waals surface area (Å²) in [6.45, 7) is 9.97. The molecule has 3 amide bonds. The Morgan fingerprint density at radius 1 is 1.02 bits per heavy atom. The molecule has 0 unspecified atom stereocenters. The number of benzene rings is 2. The Kier molecular flexibility index (Phi) is 8.89. The maximum atomic E-state index is 15.0. The van der Waals surface area contributed by atoms with Gasteiger partial charge in [0.1, 0.15) is 5.75 Å². The molecule has 1 spiro atoms. The first-order chi connectivity index (χ1) is 24.1. The van der Waals surface area contributed by atoms with Crippen molar-refractivity contribution in [3.8, 4) is 17.7 Å². The fraction of sp³-hybridized carbons (Fsp3) is 0.429. The fourth-order valence-electron chi connectivity index (χ4n) is 7.44. The molecule has 14 nitrogen and oxygen atoms in total. The van der Waals surface area contributed by atoms with Gasteiger partial charge in [-0.25, -0.2) is 18.2 Å². The van der Waals surface area contributed by atoms with Gasteiger partial charge in [0.15, 0.2) is 5.54 Å². The zero-order chi connectivity index (χ0) is 35.1. The van der Waals surface area contributed by atoms with Gasteiger partial charge in [0.2, 0.25) is 5.88 Å². The van der Waals surface area contributed by atoms with Crippen LogP contribution in [0.1, 0.15) is 23.6 Å². The number of nitrogens with one attached hydrogen (secondary N) is 1. The lowest BCUT2D eigenvalue weighted by Crippen LogP contribution is -2.74. The van der Waals surface area contributed by atoms with Crippen LogP contribution in [0.5, 0.6) is 11.6 Å². The van der Waals surface area contributed by atoms with E-state index in [0.717, 1.165) is 52.5 Å². The third-order valence-electron chi connectivity index (χ3n) is 9.90. The summed E-state index contributed by atoms with van der Waals surface area (Å²) in [4.78, 5) is 39.8. The Morgan fingerprint density at radius 3 is 2.42 bits per heavy atom. The van der Waals surface area contributed by atoms with Gasteiger partial charge in [-0.05, 0) is 61.5 Å². The van der Waals surface area contributed by atoms with Crippen molar-refractivity contribution in [1.29, 1.82) is 5.26 Å². The Labute approximate surface area is 291 Å². The molecule has 7 rings (SSSR count). The van der Waals surface area contributed by atoms with Crippen molar-refractivity contribution in [1.82, 2.24) is 25.0 Å². The van der Waals surface area contributed by atoms with E-state index in [2.05, 4.69) is 26.2 Å². The van der Waals surface area contributed by atoms with Gasteiger partial charge in [-0.15, -0.1) is 0 Å². The second kappa shape index (κ2) is 13.2. The number of ether oxygens (including phenoxy) is 3. The van der Waals surface area contributed by atoms with Crippen LogP contribution < -0.4 is 19.1 Å². The van der Waals surface area contributed by atoms with E-state index in [4.69, 9.17) is 14.2 Å². The van der Waals surface area contributed by atoms with Gasteiger partial charge in [-0.3, -0.25) is 9.69 Å². The number of urea groups is 1. The number of amides is 3. The van der Waals surface area contributed by atoms with Crippen molar-refractivity contribution in [2.75, 3.05) is 83.6 Å². The molecule has 50 heavy (non-hydrogen) atoms. The van der Waals surface area contributed by atoms with Crippen molar-refractivity contribution in [2.24, 2.45) is 5.41 Å². The molecule has 4 aliphatic heterocycles. The molecule has 0 bridgehead atoms. The average Bonchev–Trinajstić information content (AvgIpc) is 3.35. The lowest BCUT2D eigenvalue weighted by Gasteiger charge is -2.60. The van der Waals surface area contributed by atoms with Gasteiger partial charge >= 0.3 is 6.03 Å². The summed E-state index contributed by atoms with van der Waals surface area (Å²) in [7, 11) is -3.06. The topological polar surface area (TPSA) is 158 Å². The van der Waals surface area contributed by atoms with Crippen molar-refractivity contribution in [2.45, 2.75) is 17.4 Å². The normalized spacial score (nSPS) is 21.6. The number of carbonyl (C=O) groups is 2. The van der Waals surface area contributed by atoms with Crippen LogP contribution in [0.15, 0.2) is 65.7 Å². The maximum Gasteiger partial charge on any atom is 0.318 e. The van der Waals surface area contributed by atoms with Gasteiger partial charge in [0, 0.05) is 69.5 Å². The van der Waals surface area contributed by atoms with E-state index in [-0.39, 0.29) is 45.2 Å². The molecule has 3 saturated heterocycles. The highest BCUT2D eigenvalue weighted by Crippen LogP contribution is 2.50. The Balaban J connectivity index is 1.21. The molecule has 4 aliphatic rings. The number of methoxy groups -OCH3 is 1. The van der Waals surface area contributed by atoms with Crippen LogP contribution in [0.3, 0.4) is 0 Å². The molecule has 262 valence electrons. The number of hydrogen-bond donors (Lipinski definition) is 1. The number of rotatable bonds is 10. The number of pyridine rings is 1. The minimum absolute atomic E-state index is 0.00593. The average molecular weight is 702 g/mol. The number of hydrogen-bond acceptors (Lipinski definition) is 11. The minimum atomic E-state index is -4.53. The van der Waals surface area contributed by atoms with Gasteiger partial charge in [-0.2, -0.15) is 9.57 Å². The molecular weight excluding hydrogens is 662 g/mol. The van der Waals surface area contributed by atoms with Crippen LogP contribution in [-0.4, -0.2) is 119 Å². The lowest BCUT2D eigenvalue weighted by atomic mass is 9.73. The van der Waals surface area contributed by atoms with Crippen LogP contribution in [0, 0.1) is 16.7 Å². The number of fused-ring (bicyclic) bond motifs is 1. The SMILES string of the molecule is CCOc1ncccc1[C@]1(NC(=O)N2CC3(CN(CCN4CCOCC4)C3)C2)C(=O)N(S(=O)(=O)c2ccc(OC)cc2)c2ccc(C#N)cc21. The van der Waals surface area contributed by atoms with Crippen molar-refractivity contribution < 1.29 is 32.2 Å². The number of morpholine rings is 1. The van der Waals surface area contributed by atoms with E-state index >= 15 is 0 Å². The molecule has 0 aliphatic carbocycles. The van der Waals surface area contributed by atoms with Crippen LogP contribution in [-0.2, 0) is 25.1 Å². The monoisotopic (exact) mass is 701 g/mol. The van der Waals surface area contributed by atoms with Crippen molar-refractivity contribution in [3.05, 3.63) is 77.5 Å². The van der Waals surface area contributed by atoms with Crippen molar-refractivity contribution >= 4 is 27.6 Å². The van der Waals surface area contributed by atoms with Crippen LogP contribution in [0.25, 0.3) is 0 Å². The number of likely N-dealkylation sites (tertiary alicyclic amines) is 2. The largest absolute Gasteiger partial charge is 0.497 e. The smallest absolute Gasteiger partial charge is 0.318 e. The number of nitriles is 1. The Hall–Kier alpha value is -4.75. The van der Waals surface area contributed by atoms with Gasteiger partial charge in [0.25, 0.3) is 15.9 Å². The first kappa shape index (κ1) is 33.7. The fourth-order valence-corrected chi connectivity index (χ4v) is 8.91. The van der Waals surface area contributed by atoms with Crippen LogP contribution >= 0.6 is 0 Å². The Bertz CT molecular complexity index is 1930. The third-order valence-corrected chi connectivity index (χ3v) is 11.6. The summed E-state index contributed by atoms with van der Waals surface area (Å²) in [6.07, 6.45) is 1.49. The molecule has 3 fully saturated rings. The molecule has 2 aromatic carbocycles. The summed E-state index contributed by atoms with van der Waals surface area (Å²) >= 11 is 0. The zero-order valence-corrected chi connectivity index (χ0v) is 28.8. The molecule has 0 saturated carbocycles. The molecule has 15 heteroatoms. The highest BCUT2D eigenvalue weighted by atomic mass is 32.2. The van der Waals surface area contributed by atoms with Gasteiger partial charge in [0.05, 0.1) is 54.7 Å². The number of carbonyl (C=O) groups excluding carboxylic acids is 2. The number of sulfonamides is 1. The lowest BCUT2D eigenvalue weighted by molar-refractivity contribution is -0.122. The van der Waals surface area contributed by atoms with E-state index < -0.39 is 27.5 Å². The summed E-state index contributed by atoms with van der Waals surface area (Å²) in [6, 6.07) is 14.7. The van der Waals surface area contributed by atoms with E-state index in [0.29, 0.717) is 23.1 Å². The summed E-state index contributed by atoms with van der Waals surface area (Å²) in [5.41, 5.74) is -1.67. The molecule has 1 N–H and O–H groups in total. The predicted octanol–water partition coefficient (Wildman–Crippen LogP) is 2.00. The van der Waals surface area contributed by atoms with Gasteiger partial charge in [-0.1, -0.05) is 0 Å². The molecule has 3 aromatic rings. The molecular formula is C35H39N7O7S. The highest BCUT2D eigenvalue weighted by Gasteiger charge is 2.60. The first-order valence-corrected chi connectivity index (χ1v) is 18.0. The molecule has 5 heterocycles. The summed E-state index contributed by atoms with van der Waals surface area (Å²) in [5, 5.41) is 12.8. The number of anilines is 1. The summed E-state index contributed by atoms with van der Waals surface area (Å²) < 4.78 is 45.8. The van der Waals surface area contributed by atoms with E-state index in [9.17, 15) is 23.3 Å². The van der Waals surface area contributed by atoms with Crippen molar-refractivity contribution in [3.63, 3.8) is 0 Å². The molecule has 1 atom stereocenters. The summed E-state index contributed by atoms with van der Waals surface area (Å²) in [5.74, 6) is -0.461. The number of aromatic nitrogens is 1. The van der Waals surface area contributed by atoms with Crippen LogP contribution in [0.4, 0.5) is 10.5 Å². The highest BCUT2D eigenvalue weighted by molar-refractivity contribution is 7.93. The quantitative estimate of drug-likeness (QED) is 0.330. The number of nitrogens with zero attached hydrogens (tertiary/aromatic N) is 6. The zero-order valence-electron chi connectivity index (χ0n) is 28.0. The van der Waals surface area contributed by atoms with E-state index in [1.54, 1.807) is 24.0 Å². The van der Waals surface area contributed by atoms with Gasteiger partial charge < -0.3 is 29.3 Å². The second-order valence-corrected chi connectivity index (χ2v) is 14.9. The van der Waals surface area contributed by atoms with Crippen LogP contribution in [0.2, 0.25) is 0 Å².